The van der Waals surface area contributed by atoms with Crippen LogP contribution in [0.2, 0.25) is 5.02 Å². The number of fused-ring (bicyclic) bond motifs is 1. The second-order valence-electron chi connectivity index (χ2n) is 6.31. The fourth-order valence-electron chi connectivity index (χ4n) is 2.92. The number of aryl methyl sites for hydroxylation is 1. The monoisotopic (exact) mass is 398 g/mol. The molecule has 146 valence electrons. The number of nitrogens with zero attached hydrogens (tertiary/aromatic N) is 1. The van der Waals surface area contributed by atoms with Gasteiger partial charge < -0.3 is 14.8 Å². The van der Waals surface area contributed by atoms with Crippen LogP contribution in [0.25, 0.3) is 10.9 Å². The van der Waals surface area contributed by atoms with Crippen molar-refractivity contribution in [2.75, 3.05) is 18.5 Å². The Balaban J connectivity index is 2.16. The summed E-state index contributed by atoms with van der Waals surface area (Å²) in [5.41, 5.74) is 3.34. The molecule has 3 rings (SSSR count). The molecular formula is C22H23ClN2O3. The van der Waals surface area contributed by atoms with Gasteiger partial charge in [0.15, 0.2) is 0 Å². The van der Waals surface area contributed by atoms with Crippen LogP contribution in [-0.2, 0) is 4.74 Å². The van der Waals surface area contributed by atoms with Crippen LogP contribution in [-0.4, -0.2) is 24.2 Å². The number of pyridine rings is 1. The molecule has 28 heavy (non-hydrogen) atoms. The topological polar surface area (TPSA) is 60.5 Å². The van der Waals surface area contributed by atoms with E-state index in [4.69, 9.17) is 21.1 Å². The van der Waals surface area contributed by atoms with E-state index in [1.54, 1.807) is 13.0 Å². The lowest BCUT2D eigenvalue weighted by atomic mass is 10.1. The van der Waals surface area contributed by atoms with Gasteiger partial charge in [0.05, 0.1) is 30.1 Å². The van der Waals surface area contributed by atoms with E-state index < -0.39 is 5.97 Å². The predicted molar refractivity (Wildman–Crippen MR) is 113 cm³/mol. The van der Waals surface area contributed by atoms with E-state index in [9.17, 15) is 4.79 Å². The third-order valence-electron chi connectivity index (χ3n) is 4.33. The number of esters is 1. The molecule has 0 amide bonds. The number of halogens is 1. The van der Waals surface area contributed by atoms with Crippen LogP contribution in [0, 0.1) is 6.92 Å². The van der Waals surface area contributed by atoms with Gasteiger partial charge in [0.25, 0.3) is 0 Å². The van der Waals surface area contributed by atoms with Crippen molar-refractivity contribution in [3.63, 3.8) is 0 Å². The molecule has 3 aromatic rings. The van der Waals surface area contributed by atoms with E-state index in [2.05, 4.69) is 17.2 Å². The van der Waals surface area contributed by atoms with Gasteiger partial charge in [0.1, 0.15) is 11.3 Å². The molecule has 0 aliphatic rings. The first-order valence-electron chi connectivity index (χ1n) is 9.30. The molecule has 0 aliphatic heterocycles. The van der Waals surface area contributed by atoms with E-state index >= 15 is 0 Å². The third-order valence-corrected chi connectivity index (χ3v) is 4.74. The van der Waals surface area contributed by atoms with Crippen molar-refractivity contribution in [2.45, 2.75) is 27.2 Å². The second-order valence-corrected chi connectivity index (χ2v) is 6.71. The van der Waals surface area contributed by atoms with Crippen LogP contribution in [0.15, 0.2) is 42.6 Å². The zero-order valence-electron chi connectivity index (χ0n) is 16.2. The maximum absolute atomic E-state index is 12.5. The van der Waals surface area contributed by atoms with E-state index in [0.29, 0.717) is 22.9 Å². The van der Waals surface area contributed by atoms with Gasteiger partial charge in [-0.3, -0.25) is 4.98 Å². The normalized spacial score (nSPS) is 10.7. The van der Waals surface area contributed by atoms with Crippen molar-refractivity contribution < 1.29 is 14.3 Å². The Morgan fingerprint density at radius 3 is 2.71 bits per heavy atom. The molecule has 1 aromatic heterocycles. The van der Waals surface area contributed by atoms with E-state index in [1.165, 1.54) is 6.20 Å². The lowest BCUT2D eigenvalue weighted by Gasteiger charge is -2.17. The molecule has 0 fully saturated rings. The van der Waals surface area contributed by atoms with Crippen molar-refractivity contribution in [3.05, 3.63) is 58.7 Å². The van der Waals surface area contributed by atoms with Crippen LogP contribution < -0.4 is 10.1 Å². The zero-order valence-corrected chi connectivity index (χ0v) is 17.0. The number of anilines is 2. The Labute approximate surface area is 169 Å². The number of nitrogens with one attached hydrogen (secondary N) is 1. The van der Waals surface area contributed by atoms with Gasteiger partial charge in [-0.1, -0.05) is 30.7 Å². The van der Waals surface area contributed by atoms with Crippen molar-refractivity contribution in [1.82, 2.24) is 4.98 Å². The number of para-hydroxylation sites is 2. The Bertz CT molecular complexity index is 1000. The Morgan fingerprint density at radius 1 is 1.18 bits per heavy atom. The van der Waals surface area contributed by atoms with Gasteiger partial charge in [-0.15, -0.1) is 0 Å². The predicted octanol–water partition coefficient (Wildman–Crippen LogP) is 5.91. The standard InChI is InChI=1S/C22H23ClN2O3/c1-4-12-28-19-9-7-6-8-18(19)25-21-15-10-11-17(23)14(3)20(15)24-13-16(21)22(26)27-5-2/h6-11,13H,4-5,12H2,1-3H3,(H,24,25). The quantitative estimate of drug-likeness (QED) is 0.501. The van der Waals surface area contributed by atoms with Crippen molar-refractivity contribution in [2.24, 2.45) is 0 Å². The number of hydrogen-bond donors (Lipinski definition) is 1. The average Bonchev–Trinajstić information content (AvgIpc) is 2.70. The molecule has 1 heterocycles. The minimum absolute atomic E-state index is 0.284. The Kier molecular flexibility index (Phi) is 6.37. The van der Waals surface area contributed by atoms with Crippen molar-refractivity contribution >= 4 is 39.8 Å². The highest BCUT2D eigenvalue weighted by Gasteiger charge is 2.19. The first-order chi connectivity index (χ1) is 13.6. The molecular weight excluding hydrogens is 376 g/mol. The fourth-order valence-corrected chi connectivity index (χ4v) is 3.08. The summed E-state index contributed by atoms with van der Waals surface area (Å²) in [6.07, 6.45) is 2.43. The summed E-state index contributed by atoms with van der Waals surface area (Å²) >= 11 is 6.26. The molecule has 0 spiro atoms. The summed E-state index contributed by atoms with van der Waals surface area (Å²) in [6.45, 7) is 6.63. The lowest BCUT2D eigenvalue weighted by Crippen LogP contribution is -2.10. The molecule has 1 N–H and O–H groups in total. The Morgan fingerprint density at radius 2 is 1.96 bits per heavy atom. The molecule has 0 radical (unpaired) electrons. The molecule has 2 aromatic carbocycles. The van der Waals surface area contributed by atoms with Gasteiger partial charge in [-0.05, 0) is 50.1 Å². The summed E-state index contributed by atoms with van der Waals surface area (Å²) in [7, 11) is 0. The number of hydrogen-bond acceptors (Lipinski definition) is 5. The molecule has 0 saturated carbocycles. The van der Waals surface area contributed by atoms with Gasteiger partial charge in [0, 0.05) is 16.6 Å². The molecule has 0 aliphatic carbocycles. The van der Waals surface area contributed by atoms with E-state index in [1.807, 2.05) is 37.3 Å². The number of benzene rings is 2. The molecule has 0 atom stereocenters. The average molecular weight is 399 g/mol. The van der Waals surface area contributed by atoms with Gasteiger partial charge in [0.2, 0.25) is 0 Å². The molecule has 0 bridgehead atoms. The second kappa shape index (κ2) is 8.93. The SMILES string of the molecule is CCCOc1ccccc1Nc1c(C(=O)OCC)cnc2c(C)c(Cl)ccc12. The highest BCUT2D eigenvalue weighted by atomic mass is 35.5. The summed E-state index contributed by atoms with van der Waals surface area (Å²) in [5.74, 6) is 0.286. The van der Waals surface area contributed by atoms with Gasteiger partial charge in [-0.25, -0.2) is 4.79 Å². The molecule has 0 saturated heterocycles. The van der Waals surface area contributed by atoms with Crippen LogP contribution in [0.5, 0.6) is 5.75 Å². The summed E-state index contributed by atoms with van der Waals surface area (Å²) in [5, 5.41) is 4.79. The fraction of sp³-hybridized carbons (Fsp3) is 0.273. The minimum Gasteiger partial charge on any atom is -0.491 e. The number of ether oxygens (including phenoxy) is 2. The first-order valence-corrected chi connectivity index (χ1v) is 9.68. The largest absolute Gasteiger partial charge is 0.491 e. The third kappa shape index (κ3) is 4.04. The van der Waals surface area contributed by atoms with Gasteiger partial charge in [-0.2, -0.15) is 0 Å². The molecule has 6 heteroatoms. The molecule has 5 nitrogen and oxygen atoms in total. The summed E-state index contributed by atoms with van der Waals surface area (Å²) in [6, 6.07) is 11.3. The van der Waals surface area contributed by atoms with Crippen LogP contribution in [0.3, 0.4) is 0 Å². The number of carbonyl (C=O) groups excluding carboxylic acids is 1. The van der Waals surface area contributed by atoms with Crippen LogP contribution >= 0.6 is 11.6 Å². The summed E-state index contributed by atoms with van der Waals surface area (Å²) in [4.78, 5) is 17.0. The van der Waals surface area contributed by atoms with Crippen molar-refractivity contribution in [3.8, 4) is 5.75 Å². The molecule has 0 unspecified atom stereocenters. The first kappa shape index (κ1) is 20.0. The van der Waals surface area contributed by atoms with Crippen LogP contribution in [0.4, 0.5) is 11.4 Å². The zero-order chi connectivity index (χ0) is 20.1. The lowest BCUT2D eigenvalue weighted by molar-refractivity contribution is 0.0527. The smallest absolute Gasteiger partial charge is 0.341 e. The number of carbonyl (C=O) groups is 1. The summed E-state index contributed by atoms with van der Waals surface area (Å²) < 4.78 is 11.1. The maximum Gasteiger partial charge on any atom is 0.341 e. The van der Waals surface area contributed by atoms with E-state index in [-0.39, 0.29) is 6.61 Å². The van der Waals surface area contributed by atoms with Crippen LogP contribution in [0.1, 0.15) is 36.2 Å². The minimum atomic E-state index is -0.432. The van der Waals surface area contributed by atoms with Gasteiger partial charge >= 0.3 is 5.97 Å². The van der Waals surface area contributed by atoms with Crippen molar-refractivity contribution in [1.29, 1.82) is 0 Å². The highest BCUT2D eigenvalue weighted by Crippen LogP contribution is 2.36. The number of rotatable bonds is 7. The highest BCUT2D eigenvalue weighted by molar-refractivity contribution is 6.32. The number of aromatic nitrogens is 1. The maximum atomic E-state index is 12.5. The van der Waals surface area contributed by atoms with E-state index in [0.717, 1.165) is 34.3 Å². The Hall–Kier alpha value is -2.79.